The summed E-state index contributed by atoms with van der Waals surface area (Å²) in [5.74, 6) is -0.0469. The van der Waals surface area contributed by atoms with E-state index < -0.39 is 0 Å². The zero-order chi connectivity index (χ0) is 12.5. The van der Waals surface area contributed by atoms with Crippen LogP contribution in [0.2, 0.25) is 0 Å². The lowest BCUT2D eigenvalue weighted by molar-refractivity contribution is -0.120. The van der Waals surface area contributed by atoms with Crippen LogP contribution in [0.1, 0.15) is 25.5 Å². The summed E-state index contributed by atoms with van der Waals surface area (Å²) in [4.78, 5) is 15.5. The number of anilines is 1. The normalized spacial score (nSPS) is 10.4. The van der Waals surface area contributed by atoms with Crippen molar-refractivity contribution in [2.45, 2.75) is 26.2 Å². The molecule has 1 heterocycles. The molecule has 3 N–H and O–H groups in total. The van der Waals surface area contributed by atoms with Crippen LogP contribution in [0.5, 0.6) is 0 Å². The van der Waals surface area contributed by atoms with Crippen LogP contribution in [-0.4, -0.2) is 30.6 Å². The zero-order valence-electron chi connectivity index (χ0n) is 10.1. The molecule has 0 unspecified atom stereocenters. The van der Waals surface area contributed by atoms with E-state index in [4.69, 9.17) is 10.5 Å². The number of nitrogens with two attached hydrogens (primary N) is 1. The summed E-state index contributed by atoms with van der Waals surface area (Å²) >= 11 is 1.35. The largest absolute Gasteiger partial charge is 0.380 e. The molecular formula is C11H19N3O2S. The fourth-order valence-corrected chi connectivity index (χ4v) is 1.80. The van der Waals surface area contributed by atoms with Gasteiger partial charge in [0, 0.05) is 18.5 Å². The van der Waals surface area contributed by atoms with Crippen LogP contribution in [0.25, 0.3) is 0 Å². The van der Waals surface area contributed by atoms with Crippen LogP contribution in [-0.2, 0) is 16.0 Å². The summed E-state index contributed by atoms with van der Waals surface area (Å²) in [6, 6.07) is 0. The van der Waals surface area contributed by atoms with E-state index in [1.54, 1.807) is 5.38 Å². The van der Waals surface area contributed by atoms with Crippen molar-refractivity contribution < 1.29 is 9.53 Å². The molecule has 0 radical (unpaired) electrons. The minimum absolute atomic E-state index is 0.0469. The number of rotatable bonds is 8. The van der Waals surface area contributed by atoms with Crippen molar-refractivity contribution in [1.82, 2.24) is 10.3 Å². The van der Waals surface area contributed by atoms with Crippen molar-refractivity contribution in [3.63, 3.8) is 0 Å². The maximum absolute atomic E-state index is 11.5. The van der Waals surface area contributed by atoms with Crippen LogP contribution in [0, 0.1) is 0 Å². The van der Waals surface area contributed by atoms with Gasteiger partial charge in [0.1, 0.15) is 0 Å². The molecule has 0 saturated heterocycles. The number of amides is 1. The van der Waals surface area contributed by atoms with Gasteiger partial charge < -0.3 is 15.8 Å². The van der Waals surface area contributed by atoms with Crippen molar-refractivity contribution in [3.05, 3.63) is 11.1 Å². The second-order valence-electron chi connectivity index (χ2n) is 3.67. The van der Waals surface area contributed by atoms with E-state index in [1.165, 1.54) is 11.3 Å². The minimum atomic E-state index is -0.0469. The fraction of sp³-hybridized carbons (Fsp3) is 0.636. The third-order valence-electron chi connectivity index (χ3n) is 2.12. The number of nitrogens with zero attached hydrogens (tertiary/aromatic N) is 1. The highest BCUT2D eigenvalue weighted by molar-refractivity contribution is 7.13. The molecule has 1 aromatic rings. The predicted octanol–water partition coefficient (Wildman–Crippen LogP) is 1.20. The Morgan fingerprint density at radius 3 is 3.06 bits per heavy atom. The Labute approximate surface area is 105 Å². The van der Waals surface area contributed by atoms with E-state index >= 15 is 0 Å². The number of aromatic nitrogens is 1. The van der Waals surface area contributed by atoms with Gasteiger partial charge in [-0.2, -0.15) is 0 Å². The molecule has 6 heteroatoms. The van der Waals surface area contributed by atoms with Gasteiger partial charge in [0.2, 0.25) is 5.91 Å². The van der Waals surface area contributed by atoms with Gasteiger partial charge in [0.05, 0.1) is 18.7 Å². The topological polar surface area (TPSA) is 77.2 Å². The first-order valence-electron chi connectivity index (χ1n) is 5.76. The number of carbonyl (C=O) groups excluding carboxylic acids is 1. The van der Waals surface area contributed by atoms with Crippen molar-refractivity contribution in [3.8, 4) is 0 Å². The monoisotopic (exact) mass is 257 g/mol. The van der Waals surface area contributed by atoms with Crippen molar-refractivity contribution in [2.75, 3.05) is 25.5 Å². The molecule has 0 atom stereocenters. The third kappa shape index (κ3) is 6.23. The Morgan fingerprint density at radius 1 is 1.59 bits per heavy atom. The number of unbranched alkanes of at least 4 members (excludes halogenated alkanes) is 1. The molecule has 1 rings (SSSR count). The maximum atomic E-state index is 11.5. The first-order valence-corrected chi connectivity index (χ1v) is 6.64. The molecule has 0 aliphatic rings. The molecule has 96 valence electrons. The molecule has 0 bridgehead atoms. The Morgan fingerprint density at radius 2 is 2.41 bits per heavy atom. The Balaban J connectivity index is 2.05. The predicted molar refractivity (Wildman–Crippen MR) is 69.0 cm³/mol. The van der Waals surface area contributed by atoms with Crippen LogP contribution >= 0.6 is 11.3 Å². The maximum Gasteiger partial charge on any atom is 0.226 e. The van der Waals surface area contributed by atoms with Crippen LogP contribution in [0.3, 0.4) is 0 Å². The molecule has 0 aromatic carbocycles. The summed E-state index contributed by atoms with van der Waals surface area (Å²) in [5, 5.41) is 5.07. The highest BCUT2D eigenvalue weighted by atomic mass is 32.1. The first kappa shape index (κ1) is 13.9. The van der Waals surface area contributed by atoms with Gasteiger partial charge in [-0.1, -0.05) is 13.3 Å². The van der Waals surface area contributed by atoms with Gasteiger partial charge in [0.15, 0.2) is 5.13 Å². The number of carbonyl (C=O) groups is 1. The lowest BCUT2D eigenvalue weighted by atomic mass is 10.3. The summed E-state index contributed by atoms with van der Waals surface area (Å²) in [6.07, 6.45) is 2.46. The zero-order valence-corrected chi connectivity index (χ0v) is 10.9. The number of ether oxygens (including phenoxy) is 1. The number of hydrogen-bond acceptors (Lipinski definition) is 5. The van der Waals surface area contributed by atoms with E-state index in [0.717, 1.165) is 25.1 Å². The van der Waals surface area contributed by atoms with E-state index in [9.17, 15) is 4.79 Å². The second kappa shape index (κ2) is 8.03. The minimum Gasteiger partial charge on any atom is -0.380 e. The summed E-state index contributed by atoms with van der Waals surface area (Å²) in [7, 11) is 0. The highest BCUT2D eigenvalue weighted by Crippen LogP contribution is 2.10. The van der Waals surface area contributed by atoms with Crippen LogP contribution in [0.4, 0.5) is 5.13 Å². The molecule has 17 heavy (non-hydrogen) atoms. The van der Waals surface area contributed by atoms with E-state index in [1.807, 2.05) is 0 Å². The number of nitrogen functional groups attached to an aromatic ring is 1. The van der Waals surface area contributed by atoms with Crippen molar-refractivity contribution >= 4 is 22.4 Å². The third-order valence-corrected chi connectivity index (χ3v) is 2.84. The molecule has 1 aromatic heterocycles. The smallest absolute Gasteiger partial charge is 0.226 e. The van der Waals surface area contributed by atoms with E-state index in [-0.39, 0.29) is 12.3 Å². The average molecular weight is 257 g/mol. The average Bonchev–Trinajstić information content (AvgIpc) is 2.69. The van der Waals surface area contributed by atoms with Crippen molar-refractivity contribution in [2.24, 2.45) is 0 Å². The lowest BCUT2D eigenvalue weighted by Crippen LogP contribution is -2.28. The highest BCUT2D eigenvalue weighted by Gasteiger charge is 2.05. The van der Waals surface area contributed by atoms with Gasteiger partial charge in [-0.05, 0) is 6.42 Å². The van der Waals surface area contributed by atoms with Crippen LogP contribution < -0.4 is 11.1 Å². The van der Waals surface area contributed by atoms with Crippen molar-refractivity contribution in [1.29, 1.82) is 0 Å². The summed E-state index contributed by atoms with van der Waals surface area (Å²) < 4.78 is 5.33. The molecule has 0 spiro atoms. The number of hydrogen-bond donors (Lipinski definition) is 2. The number of thiazole rings is 1. The standard InChI is InChI=1S/C11H19N3O2S/c1-2-3-5-16-6-4-13-10(15)7-9-8-17-11(12)14-9/h8H,2-7H2,1H3,(H2,12,14)(H,13,15). The molecular weight excluding hydrogens is 238 g/mol. The van der Waals surface area contributed by atoms with E-state index in [2.05, 4.69) is 17.2 Å². The molecule has 0 saturated carbocycles. The van der Waals surface area contributed by atoms with Gasteiger partial charge in [-0.25, -0.2) is 4.98 Å². The summed E-state index contributed by atoms with van der Waals surface area (Å²) in [6.45, 7) is 3.98. The Bertz CT molecular complexity index is 341. The lowest BCUT2D eigenvalue weighted by Gasteiger charge is -2.05. The Hall–Kier alpha value is -1.14. The first-order chi connectivity index (χ1) is 8.22. The van der Waals surface area contributed by atoms with E-state index in [0.29, 0.717) is 18.3 Å². The van der Waals surface area contributed by atoms with Gasteiger partial charge >= 0.3 is 0 Å². The molecule has 0 fully saturated rings. The molecule has 0 aliphatic carbocycles. The fourth-order valence-electron chi connectivity index (χ4n) is 1.24. The molecule has 1 amide bonds. The number of nitrogens with one attached hydrogen (secondary N) is 1. The van der Waals surface area contributed by atoms with Gasteiger partial charge in [-0.15, -0.1) is 11.3 Å². The Kier molecular flexibility index (Phi) is 6.57. The summed E-state index contributed by atoms with van der Waals surface area (Å²) in [5.41, 5.74) is 6.20. The van der Waals surface area contributed by atoms with Gasteiger partial charge in [-0.3, -0.25) is 4.79 Å². The SMILES string of the molecule is CCCCOCCNC(=O)Cc1csc(N)n1. The quantitative estimate of drug-likeness (QED) is 0.686. The van der Waals surface area contributed by atoms with Gasteiger partial charge in [0.25, 0.3) is 0 Å². The second-order valence-corrected chi connectivity index (χ2v) is 4.56. The molecule has 5 nitrogen and oxygen atoms in total. The van der Waals surface area contributed by atoms with Crippen LogP contribution in [0.15, 0.2) is 5.38 Å². The molecule has 0 aliphatic heterocycles.